The molecule has 7 heteroatoms. The summed E-state index contributed by atoms with van der Waals surface area (Å²) in [6.07, 6.45) is 3.71. The van der Waals surface area contributed by atoms with E-state index in [0.29, 0.717) is 6.29 Å². The standard InChI is InChI=1S/C13H13N3O4.C2H6/c1-16(10-2-3-11(18)15-12(10)19)13(20)9-6-14-5-4-8(9)7-17;1-2/h4-7,10H,2-3H2,1H3,(H,15,18,19);1-2H3. The van der Waals surface area contributed by atoms with Crippen molar-refractivity contribution in [3.8, 4) is 0 Å². The number of hydrogen-bond donors (Lipinski definition) is 1. The number of aldehydes is 1. The van der Waals surface area contributed by atoms with Gasteiger partial charge in [0.15, 0.2) is 6.29 Å². The van der Waals surface area contributed by atoms with Gasteiger partial charge in [-0.05, 0) is 12.5 Å². The van der Waals surface area contributed by atoms with E-state index in [-0.39, 0.29) is 29.9 Å². The van der Waals surface area contributed by atoms with Crippen LogP contribution >= 0.6 is 0 Å². The fourth-order valence-corrected chi connectivity index (χ4v) is 2.07. The third kappa shape index (κ3) is 3.75. The van der Waals surface area contributed by atoms with Gasteiger partial charge in [0, 0.05) is 31.4 Å². The third-order valence-corrected chi connectivity index (χ3v) is 3.21. The third-order valence-electron chi connectivity index (χ3n) is 3.21. The summed E-state index contributed by atoms with van der Waals surface area (Å²) in [6, 6.07) is 0.707. The van der Waals surface area contributed by atoms with Crippen molar-refractivity contribution >= 4 is 24.0 Å². The number of likely N-dealkylation sites (N-methyl/N-ethyl adjacent to an activating group) is 1. The normalized spacial score (nSPS) is 17.0. The highest BCUT2D eigenvalue weighted by molar-refractivity contribution is 6.05. The van der Waals surface area contributed by atoms with E-state index in [9.17, 15) is 19.2 Å². The van der Waals surface area contributed by atoms with Gasteiger partial charge in [-0.3, -0.25) is 29.5 Å². The summed E-state index contributed by atoms with van der Waals surface area (Å²) in [4.78, 5) is 51.1. The molecule has 0 radical (unpaired) electrons. The lowest BCUT2D eigenvalue weighted by Crippen LogP contribution is -2.53. The topological polar surface area (TPSA) is 96.4 Å². The van der Waals surface area contributed by atoms with Gasteiger partial charge in [0.25, 0.3) is 5.91 Å². The monoisotopic (exact) mass is 305 g/mol. The first kappa shape index (κ1) is 17.5. The molecule has 1 saturated heterocycles. The second-order valence-corrected chi connectivity index (χ2v) is 4.46. The zero-order valence-electron chi connectivity index (χ0n) is 12.8. The molecule has 22 heavy (non-hydrogen) atoms. The van der Waals surface area contributed by atoms with Crippen LogP contribution in [-0.2, 0) is 9.59 Å². The van der Waals surface area contributed by atoms with Crippen LogP contribution in [0.25, 0.3) is 0 Å². The molecule has 2 heterocycles. The van der Waals surface area contributed by atoms with Crippen LogP contribution < -0.4 is 5.32 Å². The smallest absolute Gasteiger partial charge is 0.256 e. The zero-order valence-corrected chi connectivity index (χ0v) is 12.8. The Bertz CT molecular complexity index is 586. The molecule has 118 valence electrons. The van der Waals surface area contributed by atoms with Crippen LogP contribution in [-0.4, -0.2) is 47.0 Å². The second-order valence-electron chi connectivity index (χ2n) is 4.46. The van der Waals surface area contributed by atoms with E-state index in [1.54, 1.807) is 0 Å². The highest BCUT2D eigenvalue weighted by Gasteiger charge is 2.33. The summed E-state index contributed by atoms with van der Waals surface area (Å²) in [5, 5.41) is 2.19. The van der Waals surface area contributed by atoms with Crippen molar-refractivity contribution in [2.45, 2.75) is 32.7 Å². The number of piperidine rings is 1. The largest absolute Gasteiger partial charge is 0.330 e. The van der Waals surface area contributed by atoms with Crippen molar-refractivity contribution in [2.24, 2.45) is 0 Å². The van der Waals surface area contributed by atoms with Crippen LogP contribution in [0.2, 0.25) is 0 Å². The predicted octanol–water partition coefficient (Wildman–Crippen LogP) is 0.797. The minimum Gasteiger partial charge on any atom is -0.330 e. The molecule has 0 spiro atoms. The molecule has 1 unspecified atom stereocenters. The summed E-state index contributed by atoms with van der Waals surface area (Å²) >= 11 is 0. The van der Waals surface area contributed by atoms with Gasteiger partial charge in [0.05, 0.1) is 5.56 Å². The number of imide groups is 1. The highest BCUT2D eigenvalue weighted by Crippen LogP contribution is 2.15. The predicted molar refractivity (Wildman–Crippen MR) is 79.2 cm³/mol. The van der Waals surface area contributed by atoms with Gasteiger partial charge in [-0.2, -0.15) is 0 Å². The Hall–Kier alpha value is -2.57. The van der Waals surface area contributed by atoms with Gasteiger partial charge in [0.1, 0.15) is 6.04 Å². The maximum atomic E-state index is 12.3. The molecule has 0 bridgehead atoms. The van der Waals surface area contributed by atoms with Crippen LogP contribution in [0.3, 0.4) is 0 Å². The first-order valence-corrected chi connectivity index (χ1v) is 7.04. The molecule has 0 aromatic carbocycles. The van der Waals surface area contributed by atoms with E-state index in [0.717, 1.165) is 0 Å². The van der Waals surface area contributed by atoms with Crippen molar-refractivity contribution in [2.75, 3.05) is 7.05 Å². The molecule has 1 fully saturated rings. The molecular weight excluding hydrogens is 286 g/mol. The SMILES string of the molecule is CC.CN(C(=O)c1cnccc1C=O)C1CCC(=O)NC1=O. The Morgan fingerprint density at radius 2 is 2.09 bits per heavy atom. The second kappa shape index (κ2) is 8.02. The average Bonchev–Trinajstić information content (AvgIpc) is 2.55. The number of hydrogen-bond acceptors (Lipinski definition) is 5. The molecular formula is C15H19N3O4. The summed E-state index contributed by atoms with van der Waals surface area (Å²) in [7, 11) is 1.46. The van der Waals surface area contributed by atoms with Gasteiger partial charge in [0.2, 0.25) is 11.8 Å². The van der Waals surface area contributed by atoms with Crippen molar-refractivity contribution in [1.82, 2.24) is 15.2 Å². The number of nitrogens with zero attached hydrogens (tertiary/aromatic N) is 2. The van der Waals surface area contributed by atoms with E-state index >= 15 is 0 Å². The van der Waals surface area contributed by atoms with Crippen LogP contribution in [0.4, 0.5) is 0 Å². The molecule has 1 aliphatic heterocycles. The fourth-order valence-electron chi connectivity index (χ4n) is 2.07. The molecule has 2 rings (SSSR count). The fraction of sp³-hybridized carbons (Fsp3) is 0.400. The lowest BCUT2D eigenvalue weighted by Gasteiger charge is -2.29. The van der Waals surface area contributed by atoms with E-state index in [1.165, 1.54) is 30.4 Å². The quantitative estimate of drug-likeness (QED) is 0.658. The summed E-state index contributed by atoms with van der Waals surface area (Å²) in [5.74, 6) is -1.33. The van der Waals surface area contributed by atoms with E-state index < -0.39 is 17.9 Å². The Balaban J connectivity index is 0.00000116. The van der Waals surface area contributed by atoms with Crippen molar-refractivity contribution in [3.63, 3.8) is 0 Å². The van der Waals surface area contributed by atoms with E-state index in [1.807, 2.05) is 13.8 Å². The molecule has 0 saturated carbocycles. The number of carbonyl (C=O) groups excluding carboxylic acids is 4. The summed E-state index contributed by atoms with van der Waals surface area (Å²) in [6.45, 7) is 4.00. The number of rotatable bonds is 3. The highest BCUT2D eigenvalue weighted by atomic mass is 16.2. The minimum absolute atomic E-state index is 0.134. The van der Waals surface area contributed by atoms with Gasteiger partial charge in [-0.15, -0.1) is 0 Å². The number of carbonyl (C=O) groups is 4. The molecule has 1 atom stereocenters. The Morgan fingerprint density at radius 3 is 2.68 bits per heavy atom. The average molecular weight is 305 g/mol. The van der Waals surface area contributed by atoms with Crippen molar-refractivity contribution < 1.29 is 19.2 Å². The maximum Gasteiger partial charge on any atom is 0.256 e. The van der Waals surface area contributed by atoms with E-state index in [4.69, 9.17) is 0 Å². The maximum absolute atomic E-state index is 12.3. The minimum atomic E-state index is -0.722. The van der Waals surface area contributed by atoms with Crippen LogP contribution in [0.1, 0.15) is 47.4 Å². The molecule has 1 N–H and O–H groups in total. The number of aromatic nitrogens is 1. The molecule has 3 amide bonds. The first-order chi connectivity index (χ1) is 10.5. The summed E-state index contributed by atoms with van der Waals surface area (Å²) in [5.41, 5.74) is 0.346. The first-order valence-electron chi connectivity index (χ1n) is 7.04. The van der Waals surface area contributed by atoms with Crippen LogP contribution in [0.15, 0.2) is 18.5 Å². The number of nitrogens with one attached hydrogen (secondary N) is 1. The Labute approximate surface area is 128 Å². The molecule has 1 aromatic heterocycles. The van der Waals surface area contributed by atoms with Gasteiger partial charge in [-0.1, -0.05) is 13.8 Å². The molecule has 1 aliphatic rings. The Kier molecular flexibility index (Phi) is 6.37. The number of amides is 3. The molecule has 1 aromatic rings. The van der Waals surface area contributed by atoms with Gasteiger partial charge < -0.3 is 4.90 Å². The van der Waals surface area contributed by atoms with Crippen molar-refractivity contribution in [1.29, 1.82) is 0 Å². The zero-order chi connectivity index (χ0) is 16.7. The van der Waals surface area contributed by atoms with E-state index in [2.05, 4.69) is 10.3 Å². The van der Waals surface area contributed by atoms with Gasteiger partial charge in [-0.25, -0.2) is 0 Å². The Morgan fingerprint density at radius 1 is 1.41 bits per heavy atom. The lowest BCUT2D eigenvalue weighted by atomic mass is 10.0. The molecule has 7 nitrogen and oxygen atoms in total. The number of pyridine rings is 1. The molecule has 0 aliphatic carbocycles. The lowest BCUT2D eigenvalue weighted by molar-refractivity contribution is -0.136. The van der Waals surface area contributed by atoms with Crippen LogP contribution in [0, 0.1) is 0 Å². The van der Waals surface area contributed by atoms with Crippen molar-refractivity contribution in [3.05, 3.63) is 29.6 Å². The summed E-state index contributed by atoms with van der Waals surface area (Å²) < 4.78 is 0. The van der Waals surface area contributed by atoms with Crippen LogP contribution in [0.5, 0.6) is 0 Å². The van der Waals surface area contributed by atoms with Gasteiger partial charge >= 0.3 is 0 Å².